The highest BCUT2D eigenvalue weighted by Crippen LogP contribution is 2.28. The fourth-order valence-electron chi connectivity index (χ4n) is 2.15. The van der Waals surface area contributed by atoms with Gasteiger partial charge in [-0.3, -0.25) is 0 Å². The first-order chi connectivity index (χ1) is 9.83. The SMILES string of the molecule is C=CCC(CC)CCNCc1cnc(-c2cccs2)s1. The normalized spacial score (nSPS) is 12.4. The minimum Gasteiger partial charge on any atom is -0.312 e. The predicted octanol–water partition coefficient (Wildman–Crippen LogP) is 4.95. The Balaban J connectivity index is 1.73. The molecule has 20 heavy (non-hydrogen) atoms. The molecule has 1 unspecified atom stereocenters. The van der Waals surface area contributed by atoms with Gasteiger partial charge in [0.25, 0.3) is 0 Å². The molecule has 0 amide bonds. The van der Waals surface area contributed by atoms with E-state index in [0.29, 0.717) is 0 Å². The van der Waals surface area contributed by atoms with Crippen molar-refractivity contribution in [2.45, 2.75) is 32.7 Å². The van der Waals surface area contributed by atoms with Crippen molar-refractivity contribution >= 4 is 22.7 Å². The molecule has 2 aromatic rings. The minimum absolute atomic E-state index is 0.767. The summed E-state index contributed by atoms with van der Waals surface area (Å²) >= 11 is 3.53. The standard InChI is InChI=1S/C16H22N2S2/c1-3-6-13(4-2)8-9-17-11-14-12-18-16(20-14)15-7-5-10-19-15/h3,5,7,10,12-13,17H,1,4,6,8-9,11H2,2H3. The highest BCUT2D eigenvalue weighted by Gasteiger charge is 2.06. The molecule has 0 saturated carbocycles. The molecule has 2 rings (SSSR count). The number of hydrogen-bond acceptors (Lipinski definition) is 4. The third-order valence-corrected chi connectivity index (χ3v) is 5.43. The average molecular weight is 306 g/mol. The zero-order chi connectivity index (χ0) is 14.2. The van der Waals surface area contributed by atoms with Crippen LogP contribution < -0.4 is 5.32 Å². The van der Waals surface area contributed by atoms with Crippen molar-refractivity contribution in [2.75, 3.05) is 6.54 Å². The molecule has 0 aliphatic rings. The molecule has 0 fully saturated rings. The van der Waals surface area contributed by atoms with Crippen LogP contribution in [0.25, 0.3) is 9.88 Å². The van der Waals surface area contributed by atoms with Crippen molar-refractivity contribution in [1.29, 1.82) is 0 Å². The molecule has 2 nitrogen and oxygen atoms in total. The van der Waals surface area contributed by atoms with Crippen LogP contribution in [-0.4, -0.2) is 11.5 Å². The maximum absolute atomic E-state index is 4.49. The van der Waals surface area contributed by atoms with E-state index in [2.05, 4.69) is 41.3 Å². The van der Waals surface area contributed by atoms with E-state index < -0.39 is 0 Å². The number of hydrogen-bond donors (Lipinski definition) is 1. The molecule has 0 spiro atoms. The molecule has 0 aliphatic heterocycles. The molecule has 0 radical (unpaired) electrons. The van der Waals surface area contributed by atoms with E-state index in [4.69, 9.17) is 0 Å². The largest absolute Gasteiger partial charge is 0.312 e. The van der Waals surface area contributed by atoms with Crippen molar-refractivity contribution in [1.82, 2.24) is 10.3 Å². The van der Waals surface area contributed by atoms with Gasteiger partial charge >= 0.3 is 0 Å². The smallest absolute Gasteiger partial charge is 0.133 e. The monoisotopic (exact) mass is 306 g/mol. The van der Waals surface area contributed by atoms with Crippen LogP contribution in [0.2, 0.25) is 0 Å². The van der Waals surface area contributed by atoms with Gasteiger partial charge in [-0.05, 0) is 36.8 Å². The van der Waals surface area contributed by atoms with E-state index in [-0.39, 0.29) is 0 Å². The Morgan fingerprint density at radius 2 is 2.40 bits per heavy atom. The van der Waals surface area contributed by atoms with Crippen LogP contribution in [0.5, 0.6) is 0 Å². The molecule has 2 heterocycles. The first-order valence-corrected chi connectivity index (χ1v) is 8.83. The molecule has 0 aromatic carbocycles. The van der Waals surface area contributed by atoms with Gasteiger partial charge in [-0.1, -0.05) is 25.5 Å². The van der Waals surface area contributed by atoms with Gasteiger partial charge in [-0.15, -0.1) is 29.3 Å². The van der Waals surface area contributed by atoms with Crippen LogP contribution in [0.15, 0.2) is 36.4 Å². The highest BCUT2D eigenvalue weighted by molar-refractivity contribution is 7.20. The van der Waals surface area contributed by atoms with Gasteiger partial charge in [0.15, 0.2) is 0 Å². The zero-order valence-electron chi connectivity index (χ0n) is 12.0. The fourth-order valence-corrected chi connectivity index (χ4v) is 3.83. The molecule has 108 valence electrons. The van der Waals surface area contributed by atoms with Gasteiger partial charge in [0, 0.05) is 17.6 Å². The van der Waals surface area contributed by atoms with Crippen molar-refractivity contribution in [3.8, 4) is 9.88 Å². The van der Waals surface area contributed by atoms with Crippen LogP contribution in [0, 0.1) is 5.92 Å². The van der Waals surface area contributed by atoms with Crippen LogP contribution >= 0.6 is 22.7 Å². The number of nitrogens with zero attached hydrogens (tertiary/aromatic N) is 1. The summed E-state index contributed by atoms with van der Waals surface area (Å²) in [6.45, 7) is 8.07. The fraction of sp³-hybridized carbons (Fsp3) is 0.438. The lowest BCUT2D eigenvalue weighted by molar-refractivity contribution is 0.456. The Hall–Kier alpha value is -0.970. The summed E-state index contributed by atoms with van der Waals surface area (Å²) in [5.74, 6) is 0.767. The third-order valence-electron chi connectivity index (χ3n) is 3.39. The first-order valence-electron chi connectivity index (χ1n) is 7.13. The van der Waals surface area contributed by atoms with Gasteiger partial charge in [0.2, 0.25) is 0 Å². The molecular formula is C16H22N2S2. The summed E-state index contributed by atoms with van der Waals surface area (Å²) in [6, 6.07) is 4.20. The number of thiophene rings is 1. The second kappa shape index (κ2) is 8.35. The van der Waals surface area contributed by atoms with Crippen molar-refractivity contribution < 1.29 is 0 Å². The first kappa shape index (κ1) is 15.4. The Morgan fingerprint density at radius 3 is 3.10 bits per heavy atom. The Labute approximate surface area is 129 Å². The topological polar surface area (TPSA) is 24.9 Å². The Bertz CT molecular complexity index is 502. The lowest BCUT2D eigenvalue weighted by Gasteiger charge is -2.12. The van der Waals surface area contributed by atoms with E-state index in [0.717, 1.165) is 30.4 Å². The predicted molar refractivity (Wildman–Crippen MR) is 90.3 cm³/mol. The Kier molecular flexibility index (Phi) is 6.43. The van der Waals surface area contributed by atoms with E-state index in [1.165, 1.54) is 22.6 Å². The van der Waals surface area contributed by atoms with Crippen LogP contribution in [0.3, 0.4) is 0 Å². The summed E-state index contributed by atoms with van der Waals surface area (Å²) in [6.07, 6.45) is 7.61. The average Bonchev–Trinajstić information content (AvgIpc) is 3.12. The quantitative estimate of drug-likeness (QED) is 0.523. The van der Waals surface area contributed by atoms with Crippen LogP contribution in [0.4, 0.5) is 0 Å². The van der Waals surface area contributed by atoms with Gasteiger partial charge in [0.1, 0.15) is 5.01 Å². The van der Waals surface area contributed by atoms with Crippen LogP contribution in [-0.2, 0) is 6.54 Å². The van der Waals surface area contributed by atoms with Crippen molar-refractivity contribution in [3.63, 3.8) is 0 Å². The lowest BCUT2D eigenvalue weighted by atomic mass is 9.99. The number of nitrogens with one attached hydrogen (secondary N) is 1. The summed E-state index contributed by atoms with van der Waals surface area (Å²) in [4.78, 5) is 7.07. The molecule has 4 heteroatoms. The highest BCUT2D eigenvalue weighted by atomic mass is 32.1. The molecule has 0 aliphatic carbocycles. The maximum Gasteiger partial charge on any atom is 0.133 e. The summed E-state index contributed by atoms with van der Waals surface area (Å²) in [5, 5.41) is 6.75. The Morgan fingerprint density at radius 1 is 1.50 bits per heavy atom. The maximum atomic E-state index is 4.49. The summed E-state index contributed by atoms with van der Waals surface area (Å²) < 4.78 is 0. The summed E-state index contributed by atoms with van der Waals surface area (Å²) in [5.41, 5.74) is 0. The molecule has 0 bridgehead atoms. The number of thiazole rings is 1. The van der Waals surface area contributed by atoms with E-state index in [1.807, 2.05) is 12.3 Å². The number of allylic oxidation sites excluding steroid dienone is 1. The van der Waals surface area contributed by atoms with Gasteiger partial charge < -0.3 is 5.32 Å². The van der Waals surface area contributed by atoms with Gasteiger partial charge in [-0.25, -0.2) is 4.98 Å². The zero-order valence-corrected chi connectivity index (χ0v) is 13.6. The molecule has 1 atom stereocenters. The summed E-state index contributed by atoms with van der Waals surface area (Å²) in [7, 11) is 0. The molecular weight excluding hydrogens is 284 g/mol. The number of aromatic nitrogens is 1. The van der Waals surface area contributed by atoms with Crippen molar-refractivity contribution in [3.05, 3.63) is 41.2 Å². The third kappa shape index (κ3) is 4.54. The minimum atomic E-state index is 0.767. The lowest BCUT2D eigenvalue weighted by Crippen LogP contribution is -2.17. The van der Waals surface area contributed by atoms with Crippen molar-refractivity contribution in [2.24, 2.45) is 5.92 Å². The van der Waals surface area contributed by atoms with E-state index >= 15 is 0 Å². The molecule has 2 aromatic heterocycles. The molecule has 1 N–H and O–H groups in total. The molecule has 0 saturated heterocycles. The van der Waals surface area contributed by atoms with Gasteiger partial charge in [0.05, 0.1) is 4.88 Å². The second-order valence-corrected chi connectivity index (χ2v) is 6.94. The number of rotatable bonds is 9. The van der Waals surface area contributed by atoms with Crippen LogP contribution in [0.1, 0.15) is 31.1 Å². The second-order valence-electron chi connectivity index (χ2n) is 4.87. The van der Waals surface area contributed by atoms with Gasteiger partial charge in [-0.2, -0.15) is 0 Å². The van der Waals surface area contributed by atoms with E-state index in [9.17, 15) is 0 Å². The van der Waals surface area contributed by atoms with E-state index in [1.54, 1.807) is 22.7 Å².